The predicted octanol–water partition coefficient (Wildman–Crippen LogP) is 2.31. The third kappa shape index (κ3) is 3.10. The number of aryl methyl sites for hydroxylation is 1. The van der Waals surface area contributed by atoms with Crippen molar-refractivity contribution in [2.45, 2.75) is 12.1 Å². The van der Waals surface area contributed by atoms with E-state index in [1.165, 1.54) is 7.11 Å². The van der Waals surface area contributed by atoms with E-state index >= 15 is 0 Å². The number of nitrogens with zero attached hydrogens (tertiary/aromatic N) is 2. The highest BCUT2D eigenvalue weighted by Crippen LogP contribution is 2.23. The third-order valence-electron chi connectivity index (χ3n) is 2.21. The Labute approximate surface area is 109 Å². The molecule has 1 heterocycles. The first kappa shape index (κ1) is 12.6. The zero-order valence-electron chi connectivity index (χ0n) is 10.0. The van der Waals surface area contributed by atoms with Crippen LogP contribution >= 0.6 is 11.8 Å². The Morgan fingerprint density at radius 2 is 2.28 bits per heavy atom. The maximum Gasteiger partial charge on any atom is 0.316 e. The highest BCUT2D eigenvalue weighted by Gasteiger charge is 2.11. The zero-order valence-corrected chi connectivity index (χ0v) is 10.9. The summed E-state index contributed by atoms with van der Waals surface area (Å²) in [6.07, 6.45) is 0. The van der Waals surface area contributed by atoms with Crippen LogP contribution in [0.25, 0.3) is 11.5 Å². The van der Waals surface area contributed by atoms with Crippen molar-refractivity contribution >= 4 is 17.7 Å². The van der Waals surface area contributed by atoms with E-state index in [1.54, 1.807) is 0 Å². The van der Waals surface area contributed by atoms with Gasteiger partial charge in [-0.2, -0.15) is 0 Å². The van der Waals surface area contributed by atoms with Gasteiger partial charge in [-0.1, -0.05) is 29.5 Å². The van der Waals surface area contributed by atoms with Gasteiger partial charge in [0.25, 0.3) is 5.22 Å². The number of methoxy groups -OCH3 is 1. The van der Waals surface area contributed by atoms with Crippen LogP contribution in [0.4, 0.5) is 0 Å². The lowest BCUT2D eigenvalue weighted by atomic mass is 10.1. The molecule has 2 aromatic rings. The average Bonchev–Trinajstić information content (AvgIpc) is 2.84. The van der Waals surface area contributed by atoms with Crippen LogP contribution in [-0.4, -0.2) is 29.0 Å². The maximum atomic E-state index is 11.0. The number of hydrogen-bond acceptors (Lipinski definition) is 6. The van der Waals surface area contributed by atoms with Gasteiger partial charge in [-0.3, -0.25) is 4.79 Å². The van der Waals surface area contributed by atoms with Gasteiger partial charge in [0, 0.05) is 5.56 Å². The summed E-state index contributed by atoms with van der Waals surface area (Å²) in [6, 6.07) is 7.78. The monoisotopic (exact) mass is 264 g/mol. The Morgan fingerprint density at radius 1 is 1.44 bits per heavy atom. The molecule has 94 valence electrons. The van der Waals surface area contributed by atoms with Crippen LogP contribution in [-0.2, 0) is 9.53 Å². The molecule has 5 nitrogen and oxygen atoms in total. The lowest BCUT2D eigenvalue weighted by Gasteiger charge is -1.96. The molecule has 0 N–H and O–H groups in total. The van der Waals surface area contributed by atoms with E-state index in [1.807, 2.05) is 31.2 Å². The van der Waals surface area contributed by atoms with Crippen molar-refractivity contribution in [3.05, 3.63) is 29.8 Å². The van der Waals surface area contributed by atoms with Crippen molar-refractivity contribution in [1.29, 1.82) is 0 Å². The molecule has 18 heavy (non-hydrogen) atoms. The number of rotatable bonds is 4. The SMILES string of the molecule is COC(=O)CSc1nnc(-c2cccc(C)c2)o1. The Balaban J connectivity index is 2.08. The standard InChI is InChI=1S/C12H12N2O3S/c1-8-4-3-5-9(6-8)11-13-14-12(17-11)18-7-10(15)16-2/h3-6H,7H2,1-2H3. The van der Waals surface area contributed by atoms with E-state index in [4.69, 9.17) is 4.42 Å². The smallest absolute Gasteiger partial charge is 0.316 e. The fourth-order valence-electron chi connectivity index (χ4n) is 1.34. The molecule has 0 saturated heterocycles. The lowest BCUT2D eigenvalue weighted by molar-refractivity contribution is -0.137. The van der Waals surface area contributed by atoms with Crippen molar-refractivity contribution in [2.75, 3.05) is 12.9 Å². The molecule has 0 unspecified atom stereocenters. The molecule has 0 bridgehead atoms. The number of aromatic nitrogens is 2. The molecular formula is C12H12N2O3S. The average molecular weight is 264 g/mol. The summed E-state index contributed by atoms with van der Waals surface area (Å²) in [7, 11) is 1.34. The molecule has 0 saturated carbocycles. The highest BCUT2D eigenvalue weighted by molar-refractivity contribution is 7.99. The Bertz CT molecular complexity index is 554. The van der Waals surface area contributed by atoms with Crippen LogP contribution in [0.5, 0.6) is 0 Å². The molecule has 0 amide bonds. The second kappa shape index (κ2) is 5.68. The van der Waals surface area contributed by atoms with Crippen molar-refractivity contribution in [3.63, 3.8) is 0 Å². The first-order valence-electron chi connectivity index (χ1n) is 5.29. The second-order valence-electron chi connectivity index (χ2n) is 3.61. The molecular weight excluding hydrogens is 252 g/mol. The Morgan fingerprint density at radius 3 is 3.00 bits per heavy atom. The minimum atomic E-state index is -0.324. The van der Waals surface area contributed by atoms with Gasteiger partial charge in [-0.25, -0.2) is 0 Å². The number of benzene rings is 1. The highest BCUT2D eigenvalue weighted by atomic mass is 32.2. The van der Waals surface area contributed by atoms with Gasteiger partial charge in [0.2, 0.25) is 5.89 Å². The van der Waals surface area contributed by atoms with Crippen LogP contribution in [0.2, 0.25) is 0 Å². The quantitative estimate of drug-likeness (QED) is 0.623. The van der Waals surface area contributed by atoms with E-state index in [9.17, 15) is 4.79 Å². The van der Waals surface area contributed by atoms with Crippen LogP contribution in [0.3, 0.4) is 0 Å². The summed E-state index contributed by atoms with van der Waals surface area (Å²) in [6.45, 7) is 1.99. The van der Waals surface area contributed by atoms with Crippen LogP contribution in [0.15, 0.2) is 33.9 Å². The summed E-state index contributed by atoms with van der Waals surface area (Å²) in [5.41, 5.74) is 1.99. The Hall–Kier alpha value is -1.82. The van der Waals surface area contributed by atoms with Gasteiger partial charge in [0.05, 0.1) is 7.11 Å². The summed E-state index contributed by atoms with van der Waals surface area (Å²) in [5.74, 6) is 0.285. The van der Waals surface area contributed by atoms with Gasteiger partial charge in [-0.05, 0) is 19.1 Å². The second-order valence-corrected chi connectivity index (χ2v) is 4.53. The Kier molecular flexibility index (Phi) is 3.99. The summed E-state index contributed by atoms with van der Waals surface area (Å²) < 4.78 is 9.98. The molecule has 0 aliphatic heterocycles. The first-order chi connectivity index (χ1) is 8.69. The van der Waals surface area contributed by atoms with Gasteiger partial charge >= 0.3 is 5.97 Å². The molecule has 0 atom stereocenters. The first-order valence-corrected chi connectivity index (χ1v) is 6.28. The summed E-state index contributed by atoms with van der Waals surface area (Å²) in [4.78, 5) is 11.0. The molecule has 0 fully saturated rings. The van der Waals surface area contributed by atoms with Crippen molar-refractivity contribution in [2.24, 2.45) is 0 Å². The lowest BCUT2D eigenvalue weighted by Crippen LogP contribution is -2.02. The molecule has 0 aliphatic carbocycles. The van der Waals surface area contributed by atoms with E-state index in [2.05, 4.69) is 14.9 Å². The van der Waals surface area contributed by atoms with E-state index in [0.717, 1.165) is 22.9 Å². The summed E-state index contributed by atoms with van der Waals surface area (Å²) >= 11 is 1.16. The number of carbonyl (C=O) groups excluding carboxylic acids is 1. The topological polar surface area (TPSA) is 65.2 Å². The van der Waals surface area contributed by atoms with E-state index in [-0.39, 0.29) is 11.7 Å². The number of hydrogen-bond donors (Lipinski definition) is 0. The van der Waals surface area contributed by atoms with E-state index in [0.29, 0.717) is 11.1 Å². The fraction of sp³-hybridized carbons (Fsp3) is 0.250. The molecule has 6 heteroatoms. The minimum Gasteiger partial charge on any atom is -0.468 e. The molecule has 2 rings (SSSR count). The zero-order chi connectivity index (χ0) is 13.0. The number of carbonyl (C=O) groups is 1. The largest absolute Gasteiger partial charge is 0.468 e. The molecule has 0 spiro atoms. The maximum absolute atomic E-state index is 11.0. The number of thioether (sulfide) groups is 1. The number of esters is 1. The molecule has 1 aromatic heterocycles. The van der Waals surface area contributed by atoms with Gasteiger partial charge in [-0.15, -0.1) is 10.2 Å². The normalized spacial score (nSPS) is 10.3. The van der Waals surface area contributed by atoms with Gasteiger partial charge in [0.15, 0.2) is 0 Å². The van der Waals surface area contributed by atoms with Crippen molar-refractivity contribution in [1.82, 2.24) is 10.2 Å². The van der Waals surface area contributed by atoms with Crippen LogP contribution in [0, 0.1) is 6.92 Å². The van der Waals surface area contributed by atoms with Crippen molar-refractivity contribution in [3.8, 4) is 11.5 Å². The minimum absolute atomic E-state index is 0.159. The van der Waals surface area contributed by atoms with Crippen molar-refractivity contribution < 1.29 is 13.9 Å². The third-order valence-corrected chi connectivity index (χ3v) is 3.00. The van der Waals surface area contributed by atoms with Crippen LogP contribution < -0.4 is 0 Å². The molecule has 0 radical (unpaired) electrons. The van der Waals surface area contributed by atoms with E-state index < -0.39 is 0 Å². The summed E-state index contributed by atoms with van der Waals surface area (Å²) in [5, 5.41) is 8.17. The molecule has 0 aliphatic rings. The van der Waals surface area contributed by atoms with Crippen LogP contribution in [0.1, 0.15) is 5.56 Å². The molecule has 1 aromatic carbocycles. The fourth-order valence-corrected chi connectivity index (χ4v) is 1.94. The van der Waals surface area contributed by atoms with Gasteiger partial charge in [0.1, 0.15) is 5.75 Å². The predicted molar refractivity (Wildman–Crippen MR) is 67.2 cm³/mol. The number of ether oxygens (including phenoxy) is 1. The van der Waals surface area contributed by atoms with Gasteiger partial charge < -0.3 is 9.15 Å².